The molecule has 10 heteroatoms. The highest BCUT2D eigenvalue weighted by Crippen LogP contribution is 2.37. The zero-order chi connectivity index (χ0) is 19.8. The van der Waals surface area contributed by atoms with Crippen LogP contribution in [0.25, 0.3) is 22.5 Å². The quantitative estimate of drug-likeness (QED) is 0.666. The van der Waals surface area contributed by atoms with Gasteiger partial charge in [0.25, 0.3) is 0 Å². The molecule has 0 atom stereocenters. The van der Waals surface area contributed by atoms with Gasteiger partial charge >= 0.3 is 5.97 Å². The summed E-state index contributed by atoms with van der Waals surface area (Å²) in [7, 11) is -3.88. The summed E-state index contributed by atoms with van der Waals surface area (Å²) in [6.45, 7) is 0. The molecule has 0 radical (unpaired) electrons. The zero-order valence-electron chi connectivity index (χ0n) is 13.5. The Balaban J connectivity index is 2.18. The lowest BCUT2D eigenvalue weighted by molar-refractivity contribution is -0.136. The summed E-state index contributed by atoms with van der Waals surface area (Å²) in [4.78, 5) is 11.0. The predicted octanol–water partition coefficient (Wildman–Crippen LogP) is 3.08. The summed E-state index contributed by atoms with van der Waals surface area (Å²) in [5.41, 5.74) is 1.30. The molecule has 0 saturated heterocycles. The van der Waals surface area contributed by atoms with Gasteiger partial charge in [-0.15, -0.1) is 0 Å². The van der Waals surface area contributed by atoms with Crippen LogP contribution in [0, 0.1) is 5.82 Å². The number of aliphatic carboxylic acids is 1. The van der Waals surface area contributed by atoms with E-state index in [1.54, 1.807) is 0 Å². The highest BCUT2D eigenvalue weighted by Gasteiger charge is 2.22. The van der Waals surface area contributed by atoms with E-state index in [4.69, 9.17) is 26.4 Å². The molecular weight excluding hydrogens is 399 g/mol. The van der Waals surface area contributed by atoms with E-state index < -0.39 is 28.2 Å². The van der Waals surface area contributed by atoms with Crippen LogP contribution in [0.1, 0.15) is 5.69 Å². The molecule has 0 spiro atoms. The average Bonchev–Trinajstić information content (AvgIpc) is 2.99. The van der Waals surface area contributed by atoms with Crippen molar-refractivity contribution in [1.82, 2.24) is 5.16 Å². The Morgan fingerprint density at radius 3 is 2.37 bits per heavy atom. The van der Waals surface area contributed by atoms with Gasteiger partial charge in [-0.2, -0.15) is 0 Å². The summed E-state index contributed by atoms with van der Waals surface area (Å²) in [5.74, 6) is -1.57. The first kappa shape index (κ1) is 19.0. The molecule has 3 N–H and O–H groups in total. The minimum atomic E-state index is -3.88. The second-order valence-corrected chi connectivity index (χ2v) is 7.57. The highest BCUT2D eigenvalue weighted by atomic mass is 35.5. The predicted molar refractivity (Wildman–Crippen MR) is 95.1 cm³/mol. The first-order chi connectivity index (χ1) is 12.7. The minimum absolute atomic E-state index is 0.103. The first-order valence-electron chi connectivity index (χ1n) is 7.46. The SMILES string of the molecule is NS(=O)(=O)c1ccc(-c2c(CC(=O)O)noc2-c2ccc(F)c(Cl)c2)cc1. The standard InChI is InChI=1S/C17H12ClFN2O5S/c18-12-7-10(3-6-13(12)19)17-16(14(21-26-17)8-15(22)23)9-1-4-11(5-2-9)27(20,24)25/h1-7H,8H2,(H,22,23)(H2,20,24,25). The van der Waals surface area contributed by atoms with Crippen molar-refractivity contribution in [1.29, 1.82) is 0 Å². The number of nitrogens with zero attached hydrogens (tertiary/aromatic N) is 1. The van der Waals surface area contributed by atoms with Crippen molar-refractivity contribution >= 4 is 27.6 Å². The number of aromatic nitrogens is 1. The maximum atomic E-state index is 13.4. The molecule has 7 nitrogen and oxygen atoms in total. The largest absolute Gasteiger partial charge is 0.481 e. The lowest BCUT2D eigenvalue weighted by Crippen LogP contribution is -2.11. The number of nitrogens with two attached hydrogens (primary N) is 1. The van der Waals surface area contributed by atoms with Crippen LogP contribution < -0.4 is 5.14 Å². The van der Waals surface area contributed by atoms with Gasteiger partial charge in [-0.3, -0.25) is 4.79 Å². The van der Waals surface area contributed by atoms with Crippen LogP contribution in [0.3, 0.4) is 0 Å². The Labute approximate surface area is 158 Å². The molecule has 1 heterocycles. The van der Waals surface area contributed by atoms with Crippen LogP contribution in [-0.2, 0) is 21.2 Å². The van der Waals surface area contributed by atoms with Gasteiger partial charge < -0.3 is 9.63 Å². The van der Waals surface area contributed by atoms with Gasteiger partial charge in [0.15, 0.2) is 5.76 Å². The fraction of sp³-hybridized carbons (Fsp3) is 0.0588. The maximum absolute atomic E-state index is 13.4. The Kier molecular flexibility index (Phi) is 5.01. The number of primary sulfonamides is 1. The number of benzene rings is 2. The van der Waals surface area contributed by atoms with Gasteiger partial charge in [0.05, 0.1) is 21.9 Å². The van der Waals surface area contributed by atoms with Crippen molar-refractivity contribution < 1.29 is 27.2 Å². The van der Waals surface area contributed by atoms with Gasteiger partial charge in [-0.1, -0.05) is 28.9 Å². The molecule has 0 bridgehead atoms. The highest BCUT2D eigenvalue weighted by molar-refractivity contribution is 7.89. The van der Waals surface area contributed by atoms with E-state index in [9.17, 15) is 17.6 Å². The molecule has 3 aromatic rings. The molecule has 0 aliphatic carbocycles. The maximum Gasteiger partial charge on any atom is 0.309 e. The first-order valence-corrected chi connectivity index (χ1v) is 9.38. The van der Waals surface area contributed by atoms with Crippen molar-refractivity contribution in [3.63, 3.8) is 0 Å². The van der Waals surface area contributed by atoms with Crippen LogP contribution in [0.15, 0.2) is 51.9 Å². The van der Waals surface area contributed by atoms with Crippen molar-refractivity contribution in [2.75, 3.05) is 0 Å². The summed E-state index contributed by atoms with van der Waals surface area (Å²) >= 11 is 5.81. The number of rotatable bonds is 5. The van der Waals surface area contributed by atoms with E-state index >= 15 is 0 Å². The number of carboxylic acid groups (broad SMARTS) is 1. The van der Waals surface area contributed by atoms with Gasteiger partial charge in [0.2, 0.25) is 10.0 Å². The normalized spacial score (nSPS) is 11.5. The van der Waals surface area contributed by atoms with Crippen molar-refractivity contribution in [2.45, 2.75) is 11.3 Å². The van der Waals surface area contributed by atoms with Crippen molar-refractivity contribution in [3.8, 4) is 22.5 Å². The zero-order valence-corrected chi connectivity index (χ0v) is 15.1. The lowest BCUT2D eigenvalue weighted by atomic mass is 9.98. The summed E-state index contributed by atoms with van der Waals surface area (Å²) in [6.07, 6.45) is -0.426. The molecule has 1 aromatic heterocycles. The van der Waals surface area contributed by atoms with E-state index in [1.165, 1.54) is 36.4 Å². The van der Waals surface area contributed by atoms with E-state index in [1.807, 2.05) is 0 Å². The lowest BCUT2D eigenvalue weighted by Gasteiger charge is -2.06. The van der Waals surface area contributed by atoms with Gasteiger partial charge in [-0.05, 0) is 35.9 Å². The Hall–Kier alpha value is -2.75. The fourth-order valence-corrected chi connectivity index (χ4v) is 3.23. The van der Waals surface area contributed by atoms with Crippen LogP contribution in [0.2, 0.25) is 5.02 Å². The number of hydrogen-bond acceptors (Lipinski definition) is 5. The summed E-state index contributed by atoms with van der Waals surface area (Å²) in [6, 6.07) is 9.34. The molecule has 2 aromatic carbocycles. The smallest absolute Gasteiger partial charge is 0.309 e. The number of halogens is 2. The van der Waals surface area contributed by atoms with Crippen LogP contribution in [0.4, 0.5) is 4.39 Å². The van der Waals surface area contributed by atoms with Gasteiger partial charge in [0.1, 0.15) is 11.5 Å². The molecule has 3 rings (SSSR count). The fourth-order valence-electron chi connectivity index (χ4n) is 2.53. The Bertz CT molecular complexity index is 1130. The third-order valence-corrected chi connectivity index (χ3v) is 4.95. The van der Waals surface area contributed by atoms with E-state index in [0.29, 0.717) is 16.7 Å². The number of sulfonamides is 1. The van der Waals surface area contributed by atoms with Crippen LogP contribution >= 0.6 is 11.6 Å². The molecule has 0 saturated carbocycles. The second-order valence-electron chi connectivity index (χ2n) is 5.60. The summed E-state index contributed by atoms with van der Waals surface area (Å²) in [5, 5.41) is 17.8. The third-order valence-electron chi connectivity index (χ3n) is 3.73. The third kappa shape index (κ3) is 4.00. The molecule has 27 heavy (non-hydrogen) atoms. The van der Waals surface area contributed by atoms with Crippen LogP contribution in [0.5, 0.6) is 0 Å². The van der Waals surface area contributed by atoms with E-state index in [0.717, 1.165) is 6.07 Å². The van der Waals surface area contributed by atoms with Crippen LogP contribution in [-0.4, -0.2) is 24.7 Å². The van der Waals surface area contributed by atoms with E-state index in [-0.39, 0.29) is 21.4 Å². The monoisotopic (exact) mass is 410 g/mol. The van der Waals surface area contributed by atoms with E-state index in [2.05, 4.69) is 5.16 Å². The van der Waals surface area contributed by atoms with Crippen molar-refractivity contribution in [2.24, 2.45) is 5.14 Å². The number of carboxylic acids is 1. The van der Waals surface area contributed by atoms with Gasteiger partial charge in [0, 0.05) is 5.56 Å². The second kappa shape index (κ2) is 7.10. The van der Waals surface area contributed by atoms with Crippen molar-refractivity contribution in [3.05, 3.63) is 59.0 Å². The Morgan fingerprint density at radius 1 is 1.19 bits per heavy atom. The van der Waals surface area contributed by atoms with Gasteiger partial charge in [-0.25, -0.2) is 17.9 Å². The molecule has 0 amide bonds. The Morgan fingerprint density at radius 2 is 1.81 bits per heavy atom. The topological polar surface area (TPSA) is 123 Å². The molecule has 0 fully saturated rings. The molecule has 0 aliphatic heterocycles. The summed E-state index contributed by atoms with van der Waals surface area (Å²) < 4.78 is 41.6. The average molecular weight is 411 g/mol. The number of hydrogen-bond donors (Lipinski definition) is 2. The molecule has 0 aliphatic rings. The minimum Gasteiger partial charge on any atom is -0.481 e. The number of carbonyl (C=O) groups is 1. The molecule has 0 unspecified atom stereocenters. The molecular formula is C17H12ClFN2O5S. The molecule has 140 valence electrons.